The quantitative estimate of drug-likeness (QED) is 0.545. The van der Waals surface area contributed by atoms with Crippen LogP contribution in [0.1, 0.15) is 13.3 Å². The summed E-state index contributed by atoms with van der Waals surface area (Å²) in [4.78, 5) is 12.3. The molecule has 0 radical (unpaired) electrons. The summed E-state index contributed by atoms with van der Waals surface area (Å²) in [6.07, 6.45) is 0.551. The van der Waals surface area contributed by atoms with E-state index in [9.17, 15) is 4.79 Å². The highest BCUT2D eigenvalue weighted by molar-refractivity contribution is 5.71. The predicted octanol–water partition coefficient (Wildman–Crippen LogP) is -0.214. The molecule has 0 unspecified atom stereocenters. The van der Waals surface area contributed by atoms with Gasteiger partial charge in [0.25, 0.3) is 0 Å². The maximum absolute atomic E-state index is 10.8. The zero-order valence-electron chi connectivity index (χ0n) is 8.03. The minimum atomic E-state index is -0.465. The molecule has 0 aliphatic carbocycles. The number of ether oxygens (including phenoxy) is 1. The van der Waals surface area contributed by atoms with Crippen LogP contribution in [0.25, 0.3) is 0 Å². The first-order chi connectivity index (χ1) is 6.22. The maximum Gasteiger partial charge on any atom is 0.314 e. The zero-order chi connectivity index (χ0) is 10.1. The third-order valence-electron chi connectivity index (χ3n) is 1.61. The Morgan fingerprint density at radius 2 is 2.23 bits per heavy atom. The van der Waals surface area contributed by atoms with E-state index in [1.807, 2.05) is 6.92 Å². The number of amides is 2. The van der Waals surface area contributed by atoms with Crippen LogP contribution in [0.2, 0.25) is 0 Å². The molecule has 0 heterocycles. The molecule has 2 amide bonds. The molecule has 0 bridgehead atoms. The second-order valence-corrected chi connectivity index (χ2v) is 2.60. The molecule has 3 N–H and O–H groups in total. The monoisotopic (exact) mass is 190 g/mol. The zero-order valence-corrected chi connectivity index (χ0v) is 8.03. The van der Waals surface area contributed by atoms with Crippen molar-refractivity contribution in [3.63, 3.8) is 0 Å². The van der Waals surface area contributed by atoms with Crippen LogP contribution >= 0.6 is 0 Å². The fraction of sp³-hybridized carbons (Fsp3) is 0.875. The summed E-state index contributed by atoms with van der Waals surface area (Å²) in [5.74, 6) is 0. The minimum absolute atomic E-state index is 0.0679. The molecule has 5 heteroatoms. The number of nitrogens with two attached hydrogens (primary N) is 1. The summed E-state index contributed by atoms with van der Waals surface area (Å²) in [7, 11) is 0. The van der Waals surface area contributed by atoms with Gasteiger partial charge in [0.05, 0.1) is 6.61 Å². The molecule has 0 fully saturated rings. The van der Waals surface area contributed by atoms with Crippen molar-refractivity contribution in [1.29, 1.82) is 0 Å². The highest BCUT2D eigenvalue weighted by atomic mass is 16.5. The van der Waals surface area contributed by atoms with Crippen LogP contribution in [0, 0.1) is 0 Å². The number of aliphatic hydroxyl groups excluding tert-OH is 1. The van der Waals surface area contributed by atoms with Crippen molar-refractivity contribution in [1.82, 2.24) is 4.90 Å². The lowest BCUT2D eigenvalue weighted by molar-refractivity contribution is 0.118. The summed E-state index contributed by atoms with van der Waals surface area (Å²) >= 11 is 0. The number of rotatable bonds is 7. The van der Waals surface area contributed by atoms with E-state index in [-0.39, 0.29) is 6.61 Å². The number of carbonyl (C=O) groups is 1. The van der Waals surface area contributed by atoms with E-state index in [4.69, 9.17) is 15.6 Å². The van der Waals surface area contributed by atoms with Gasteiger partial charge >= 0.3 is 6.03 Å². The van der Waals surface area contributed by atoms with E-state index < -0.39 is 6.03 Å². The SMILES string of the molecule is CCOCCN(CCCO)C(N)=O. The van der Waals surface area contributed by atoms with Gasteiger partial charge in [0, 0.05) is 26.3 Å². The molecule has 13 heavy (non-hydrogen) atoms. The van der Waals surface area contributed by atoms with Gasteiger partial charge in [-0.2, -0.15) is 0 Å². The average Bonchev–Trinajstić information content (AvgIpc) is 2.10. The van der Waals surface area contributed by atoms with Gasteiger partial charge < -0.3 is 20.5 Å². The molecule has 0 saturated carbocycles. The summed E-state index contributed by atoms with van der Waals surface area (Å²) in [6.45, 7) is 4.06. The van der Waals surface area contributed by atoms with E-state index in [0.29, 0.717) is 32.7 Å². The van der Waals surface area contributed by atoms with Crippen LogP contribution in [0.15, 0.2) is 0 Å². The number of nitrogens with zero attached hydrogens (tertiary/aromatic N) is 1. The molecule has 0 aromatic rings. The molecule has 0 atom stereocenters. The number of carbonyl (C=O) groups excluding carboxylic acids is 1. The Kier molecular flexibility index (Phi) is 7.33. The first-order valence-corrected chi connectivity index (χ1v) is 4.45. The van der Waals surface area contributed by atoms with Gasteiger partial charge in [0.1, 0.15) is 0 Å². The molecule has 0 aromatic carbocycles. The number of aliphatic hydroxyl groups is 1. The molecule has 0 aliphatic rings. The number of urea groups is 1. The fourth-order valence-corrected chi connectivity index (χ4v) is 0.913. The van der Waals surface area contributed by atoms with Crippen molar-refractivity contribution in [2.24, 2.45) is 5.73 Å². The molecule has 5 nitrogen and oxygen atoms in total. The van der Waals surface area contributed by atoms with Crippen molar-refractivity contribution in [3.05, 3.63) is 0 Å². The molecule has 0 rings (SSSR count). The number of hydrogen-bond acceptors (Lipinski definition) is 3. The Bertz CT molecular complexity index is 141. The molecule has 0 aliphatic heterocycles. The lowest BCUT2D eigenvalue weighted by Gasteiger charge is -2.19. The van der Waals surface area contributed by atoms with Crippen molar-refractivity contribution in [2.45, 2.75) is 13.3 Å². The standard InChI is InChI=1S/C8H18N2O3/c1-2-13-7-5-10(8(9)12)4-3-6-11/h11H,2-7H2,1H3,(H2,9,12). The lowest BCUT2D eigenvalue weighted by atomic mass is 10.4. The predicted molar refractivity (Wildman–Crippen MR) is 49.4 cm³/mol. The fourth-order valence-electron chi connectivity index (χ4n) is 0.913. The maximum atomic E-state index is 10.8. The van der Waals surface area contributed by atoms with Crippen molar-refractivity contribution in [3.8, 4) is 0 Å². The van der Waals surface area contributed by atoms with Gasteiger partial charge in [-0.15, -0.1) is 0 Å². The molecule has 0 spiro atoms. The first kappa shape index (κ1) is 12.2. The summed E-state index contributed by atoms with van der Waals surface area (Å²) in [5, 5.41) is 8.56. The van der Waals surface area contributed by atoms with Gasteiger partial charge in [-0.3, -0.25) is 0 Å². The van der Waals surface area contributed by atoms with E-state index in [1.165, 1.54) is 4.90 Å². The Morgan fingerprint density at radius 3 is 2.69 bits per heavy atom. The Morgan fingerprint density at radius 1 is 1.54 bits per heavy atom. The van der Waals surface area contributed by atoms with Crippen LogP contribution in [0.3, 0.4) is 0 Å². The van der Waals surface area contributed by atoms with Crippen LogP contribution in [0.4, 0.5) is 4.79 Å². The van der Waals surface area contributed by atoms with Crippen molar-refractivity contribution in [2.75, 3.05) is 32.9 Å². The van der Waals surface area contributed by atoms with Crippen molar-refractivity contribution >= 4 is 6.03 Å². The Labute approximate surface area is 78.5 Å². The van der Waals surface area contributed by atoms with Gasteiger partial charge in [0.15, 0.2) is 0 Å². The third kappa shape index (κ3) is 6.36. The normalized spacial score (nSPS) is 10.0. The lowest BCUT2D eigenvalue weighted by Crippen LogP contribution is -2.39. The van der Waals surface area contributed by atoms with Crippen LogP contribution in [-0.4, -0.2) is 48.9 Å². The Balaban J connectivity index is 3.61. The highest BCUT2D eigenvalue weighted by Gasteiger charge is 2.07. The minimum Gasteiger partial charge on any atom is -0.396 e. The topological polar surface area (TPSA) is 75.8 Å². The summed E-state index contributed by atoms with van der Waals surface area (Å²) in [6, 6.07) is -0.465. The summed E-state index contributed by atoms with van der Waals surface area (Å²) in [5.41, 5.74) is 5.11. The second-order valence-electron chi connectivity index (χ2n) is 2.60. The van der Waals surface area contributed by atoms with Crippen LogP contribution < -0.4 is 5.73 Å². The van der Waals surface area contributed by atoms with Crippen LogP contribution in [0.5, 0.6) is 0 Å². The average molecular weight is 190 g/mol. The third-order valence-corrected chi connectivity index (χ3v) is 1.61. The van der Waals surface area contributed by atoms with Crippen molar-refractivity contribution < 1.29 is 14.6 Å². The number of primary amides is 1. The largest absolute Gasteiger partial charge is 0.396 e. The molecular formula is C8H18N2O3. The summed E-state index contributed by atoms with van der Waals surface area (Å²) < 4.78 is 5.08. The van der Waals surface area contributed by atoms with E-state index >= 15 is 0 Å². The second kappa shape index (κ2) is 7.82. The van der Waals surface area contributed by atoms with Gasteiger partial charge in [0.2, 0.25) is 0 Å². The smallest absolute Gasteiger partial charge is 0.314 e. The van der Waals surface area contributed by atoms with E-state index in [1.54, 1.807) is 0 Å². The van der Waals surface area contributed by atoms with Gasteiger partial charge in [-0.1, -0.05) is 0 Å². The van der Waals surface area contributed by atoms with Crippen LogP contribution in [-0.2, 0) is 4.74 Å². The molecule has 0 saturated heterocycles. The van der Waals surface area contributed by atoms with E-state index in [0.717, 1.165) is 0 Å². The molecular weight excluding hydrogens is 172 g/mol. The molecule has 0 aromatic heterocycles. The van der Waals surface area contributed by atoms with E-state index in [2.05, 4.69) is 0 Å². The van der Waals surface area contributed by atoms with Gasteiger partial charge in [-0.25, -0.2) is 4.79 Å². The van der Waals surface area contributed by atoms with Gasteiger partial charge in [-0.05, 0) is 13.3 Å². The highest BCUT2D eigenvalue weighted by Crippen LogP contribution is 1.91. The Hall–Kier alpha value is -0.810. The molecule has 78 valence electrons. The number of hydrogen-bond donors (Lipinski definition) is 2. The first-order valence-electron chi connectivity index (χ1n) is 4.45.